The number of nitrogens with zero attached hydrogens (tertiary/aromatic N) is 2. The summed E-state index contributed by atoms with van der Waals surface area (Å²) in [5.41, 5.74) is 1.68. The van der Waals surface area contributed by atoms with Gasteiger partial charge in [-0.2, -0.15) is 0 Å². The predicted octanol–water partition coefficient (Wildman–Crippen LogP) is 3.13. The minimum atomic E-state index is -0.221. The topological polar surface area (TPSA) is 46.9 Å². The zero-order valence-electron chi connectivity index (χ0n) is 10.8. The number of hydrogen-bond acceptors (Lipinski definition) is 2. The van der Waals surface area contributed by atoms with E-state index in [1.165, 1.54) is 6.92 Å². The van der Waals surface area contributed by atoms with Gasteiger partial charge in [0.15, 0.2) is 0 Å². The van der Waals surface area contributed by atoms with Gasteiger partial charge in [-0.3, -0.25) is 4.79 Å². The van der Waals surface area contributed by atoms with Gasteiger partial charge in [-0.05, 0) is 19.1 Å². The summed E-state index contributed by atoms with van der Waals surface area (Å²) in [6.07, 6.45) is 0. The van der Waals surface area contributed by atoms with Crippen molar-refractivity contribution in [1.82, 2.24) is 14.9 Å². The molecule has 1 heterocycles. The number of carbonyl (C=O) groups is 1. The van der Waals surface area contributed by atoms with Crippen LogP contribution in [0.5, 0.6) is 0 Å². The minimum Gasteiger partial charge on any atom is -0.355 e. The fraction of sp³-hybridized carbons (Fsp3) is 0.385. The highest BCUT2D eigenvalue weighted by molar-refractivity contribution is 6.35. The maximum absolute atomic E-state index is 10.9. The van der Waals surface area contributed by atoms with Gasteiger partial charge in [0.1, 0.15) is 5.82 Å². The van der Waals surface area contributed by atoms with Crippen molar-refractivity contribution >= 4 is 40.1 Å². The van der Waals surface area contributed by atoms with E-state index >= 15 is 0 Å². The fourth-order valence-electron chi connectivity index (χ4n) is 2.03. The lowest BCUT2D eigenvalue weighted by atomic mass is 10.3. The molecule has 0 bridgehead atoms. The van der Waals surface area contributed by atoms with E-state index in [9.17, 15) is 4.79 Å². The van der Waals surface area contributed by atoms with Gasteiger partial charge in [0.05, 0.1) is 21.4 Å². The number of nitrogens with one attached hydrogen (secondary N) is 1. The van der Waals surface area contributed by atoms with Gasteiger partial charge in [0, 0.05) is 20.0 Å². The first-order valence-corrected chi connectivity index (χ1v) is 6.85. The molecular weight excluding hydrogens is 285 g/mol. The number of aromatic nitrogens is 2. The molecule has 0 saturated carbocycles. The van der Waals surface area contributed by atoms with E-state index in [-0.39, 0.29) is 11.3 Å². The van der Waals surface area contributed by atoms with Crippen molar-refractivity contribution in [3.8, 4) is 0 Å². The molecule has 4 nitrogen and oxygen atoms in total. The zero-order chi connectivity index (χ0) is 14.0. The normalized spacial score (nSPS) is 12.6. The number of alkyl halides is 1. The third kappa shape index (κ3) is 3.01. The summed E-state index contributed by atoms with van der Waals surface area (Å²) in [6, 6.07) is 5.58. The maximum Gasteiger partial charge on any atom is 0.216 e. The van der Waals surface area contributed by atoms with E-state index in [2.05, 4.69) is 10.3 Å². The fourth-order valence-corrected chi connectivity index (χ4v) is 2.47. The summed E-state index contributed by atoms with van der Waals surface area (Å²) in [4.78, 5) is 15.4. The van der Waals surface area contributed by atoms with E-state index in [1.54, 1.807) is 0 Å². The molecule has 2 aromatic rings. The molecule has 1 N–H and O–H groups in total. The Bertz CT molecular complexity index is 607. The summed E-state index contributed by atoms with van der Waals surface area (Å²) >= 11 is 12.4. The number of fused-ring (bicyclic) bond motifs is 1. The van der Waals surface area contributed by atoms with Crippen molar-refractivity contribution in [2.24, 2.45) is 0 Å². The van der Waals surface area contributed by atoms with Crippen molar-refractivity contribution in [2.45, 2.75) is 25.8 Å². The van der Waals surface area contributed by atoms with E-state index < -0.39 is 0 Å². The van der Waals surface area contributed by atoms with Crippen molar-refractivity contribution in [3.63, 3.8) is 0 Å². The monoisotopic (exact) mass is 299 g/mol. The predicted molar refractivity (Wildman–Crippen MR) is 77.7 cm³/mol. The summed E-state index contributed by atoms with van der Waals surface area (Å²) < 4.78 is 1.96. The average molecular weight is 300 g/mol. The average Bonchev–Trinajstić information content (AvgIpc) is 2.69. The minimum absolute atomic E-state index is 0.0593. The second-order valence-corrected chi connectivity index (χ2v) is 5.39. The summed E-state index contributed by atoms with van der Waals surface area (Å²) in [5, 5.41) is 3.17. The molecule has 1 aromatic carbocycles. The number of halogens is 2. The molecule has 102 valence electrons. The third-order valence-electron chi connectivity index (χ3n) is 2.81. The number of para-hydroxylation sites is 1. The van der Waals surface area contributed by atoms with Crippen LogP contribution < -0.4 is 5.32 Å². The Morgan fingerprint density at radius 3 is 2.89 bits per heavy atom. The molecule has 1 unspecified atom stereocenters. The number of imidazole rings is 1. The number of rotatable bonds is 4. The Balaban J connectivity index is 2.42. The molecule has 19 heavy (non-hydrogen) atoms. The molecule has 2 rings (SSSR count). The molecule has 1 amide bonds. The molecular formula is C13H15Cl2N3O. The van der Waals surface area contributed by atoms with Crippen molar-refractivity contribution in [3.05, 3.63) is 29.0 Å². The Morgan fingerprint density at radius 1 is 1.53 bits per heavy atom. The van der Waals surface area contributed by atoms with Gasteiger partial charge in [-0.15, -0.1) is 11.6 Å². The van der Waals surface area contributed by atoms with Crippen LogP contribution in [-0.2, 0) is 11.3 Å². The number of benzene rings is 1. The molecule has 0 radical (unpaired) electrons. The van der Waals surface area contributed by atoms with Crippen molar-refractivity contribution in [2.75, 3.05) is 6.54 Å². The van der Waals surface area contributed by atoms with Gasteiger partial charge in [0.25, 0.3) is 0 Å². The lowest BCUT2D eigenvalue weighted by molar-refractivity contribution is -0.118. The quantitative estimate of drug-likeness (QED) is 0.882. The zero-order valence-corrected chi connectivity index (χ0v) is 12.3. The second kappa shape index (κ2) is 5.80. The molecule has 1 atom stereocenters. The Hall–Kier alpha value is -1.26. The van der Waals surface area contributed by atoms with E-state index in [0.717, 1.165) is 16.9 Å². The molecule has 0 aliphatic rings. The van der Waals surface area contributed by atoms with E-state index in [0.29, 0.717) is 18.1 Å². The molecule has 0 saturated heterocycles. The molecule has 0 aliphatic heterocycles. The van der Waals surface area contributed by atoms with Crippen LogP contribution in [-0.4, -0.2) is 22.0 Å². The summed E-state index contributed by atoms with van der Waals surface area (Å²) in [7, 11) is 0. The second-order valence-electron chi connectivity index (χ2n) is 4.33. The van der Waals surface area contributed by atoms with Crippen LogP contribution >= 0.6 is 23.2 Å². The van der Waals surface area contributed by atoms with Crippen LogP contribution in [0.3, 0.4) is 0 Å². The van der Waals surface area contributed by atoms with Crippen LogP contribution in [0.25, 0.3) is 11.0 Å². The van der Waals surface area contributed by atoms with Gasteiger partial charge in [-0.25, -0.2) is 4.98 Å². The third-order valence-corrected chi connectivity index (χ3v) is 3.31. The number of hydrogen-bond donors (Lipinski definition) is 1. The van der Waals surface area contributed by atoms with Gasteiger partial charge >= 0.3 is 0 Å². The van der Waals surface area contributed by atoms with Crippen LogP contribution in [0.4, 0.5) is 0 Å². The smallest absolute Gasteiger partial charge is 0.216 e. The van der Waals surface area contributed by atoms with E-state index in [1.807, 2.05) is 29.7 Å². The highest BCUT2D eigenvalue weighted by Gasteiger charge is 2.16. The Kier molecular flexibility index (Phi) is 4.32. The van der Waals surface area contributed by atoms with Gasteiger partial charge in [-0.1, -0.05) is 17.7 Å². The van der Waals surface area contributed by atoms with Crippen LogP contribution in [0.2, 0.25) is 5.02 Å². The molecule has 0 fully saturated rings. The van der Waals surface area contributed by atoms with Gasteiger partial charge in [0.2, 0.25) is 5.91 Å². The first kappa shape index (κ1) is 14.2. The lowest BCUT2D eigenvalue weighted by Gasteiger charge is -2.11. The van der Waals surface area contributed by atoms with Gasteiger partial charge < -0.3 is 9.88 Å². The molecule has 0 aliphatic carbocycles. The Morgan fingerprint density at radius 2 is 2.26 bits per heavy atom. The number of carbonyl (C=O) groups excluding carboxylic acids is 1. The molecule has 0 spiro atoms. The highest BCUT2D eigenvalue weighted by Crippen LogP contribution is 2.28. The summed E-state index contributed by atoms with van der Waals surface area (Å²) in [6.45, 7) is 4.46. The molecule has 1 aromatic heterocycles. The SMILES string of the molecule is CC(=O)NCCn1c(C(C)Cl)nc2cccc(Cl)c21. The first-order chi connectivity index (χ1) is 9.00. The summed E-state index contributed by atoms with van der Waals surface area (Å²) in [5.74, 6) is 0.700. The highest BCUT2D eigenvalue weighted by atomic mass is 35.5. The van der Waals surface area contributed by atoms with Crippen LogP contribution in [0.15, 0.2) is 18.2 Å². The molecule has 6 heteroatoms. The standard InChI is InChI=1S/C13H15Cl2N3O/c1-8(14)13-17-11-5-3-4-10(15)12(11)18(13)7-6-16-9(2)19/h3-5,8H,6-7H2,1-2H3,(H,16,19). The maximum atomic E-state index is 10.9. The van der Waals surface area contributed by atoms with Crippen LogP contribution in [0.1, 0.15) is 25.0 Å². The number of amides is 1. The largest absolute Gasteiger partial charge is 0.355 e. The van der Waals surface area contributed by atoms with Crippen LogP contribution in [0, 0.1) is 0 Å². The van der Waals surface area contributed by atoms with Crippen molar-refractivity contribution in [1.29, 1.82) is 0 Å². The first-order valence-electron chi connectivity index (χ1n) is 6.04. The van der Waals surface area contributed by atoms with E-state index in [4.69, 9.17) is 23.2 Å². The Labute approximate surface area is 121 Å². The lowest BCUT2D eigenvalue weighted by Crippen LogP contribution is -2.25. The van der Waals surface area contributed by atoms with Crippen molar-refractivity contribution < 1.29 is 4.79 Å².